The van der Waals surface area contributed by atoms with Crippen molar-refractivity contribution in [1.82, 2.24) is 10.2 Å². The number of rotatable bonds is 4. The van der Waals surface area contributed by atoms with Gasteiger partial charge in [-0.2, -0.15) is 0 Å². The highest BCUT2D eigenvalue weighted by atomic mass is 35.5. The van der Waals surface area contributed by atoms with Crippen LogP contribution in [0.3, 0.4) is 0 Å². The number of anilines is 1. The number of fused-ring (bicyclic) bond motifs is 1. The molecule has 32 heavy (non-hydrogen) atoms. The summed E-state index contributed by atoms with van der Waals surface area (Å²) in [5, 5.41) is 5.30. The van der Waals surface area contributed by atoms with E-state index >= 15 is 0 Å². The Bertz CT molecular complexity index is 1140. The molecule has 11 heteroatoms. The molecule has 4 amide bonds. The number of piperidine rings is 1. The summed E-state index contributed by atoms with van der Waals surface area (Å²) in [7, 11) is 0. The fourth-order valence-corrected chi connectivity index (χ4v) is 4.21. The minimum Gasteiger partial charge on any atom is -0.444 e. The van der Waals surface area contributed by atoms with Gasteiger partial charge in [-0.05, 0) is 42.3 Å². The van der Waals surface area contributed by atoms with Gasteiger partial charge in [-0.25, -0.2) is 9.18 Å². The maximum atomic E-state index is 14.7. The lowest BCUT2D eigenvalue weighted by Crippen LogP contribution is -2.52. The normalized spacial score (nSPS) is 17.8. The largest absolute Gasteiger partial charge is 0.444 e. The van der Waals surface area contributed by atoms with Crippen LogP contribution in [0.2, 0.25) is 10.0 Å². The molecule has 1 atom stereocenters. The second-order valence-electron chi connectivity index (χ2n) is 7.36. The number of hydrogen-bond acceptors (Lipinski definition) is 5. The van der Waals surface area contributed by atoms with Crippen LogP contribution >= 0.6 is 23.2 Å². The predicted octanol–water partition coefficient (Wildman–Crippen LogP) is 3.64. The van der Waals surface area contributed by atoms with Gasteiger partial charge in [-0.3, -0.25) is 25.0 Å². The zero-order chi connectivity index (χ0) is 23.0. The molecule has 0 aliphatic carbocycles. The number of carbonyl (C=O) groups excluding carboxylic acids is 4. The molecule has 0 aromatic heterocycles. The van der Waals surface area contributed by atoms with E-state index in [1.165, 1.54) is 35.2 Å². The van der Waals surface area contributed by atoms with Crippen molar-refractivity contribution in [3.05, 3.63) is 62.9 Å². The van der Waals surface area contributed by atoms with Gasteiger partial charge < -0.3 is 9.64 Å². The van der Waals surface area contributed by atoms with Crippen LogP contribution in [0, 0.1) is 5.82 Å². The molecule has 2 aromatic rings. The van der Waals surface area contributed by atoms with Gasteiger partial charge in [0.1, 0.15) is 18.5 Å². The second-order valence-corrected chi connectivity index (χ2v) is 8.24. The van der Waals surface area contributed by atoms with Crippen LogP contribution in [0.5, 0.6) is 0 Å². The Morgan fingerprint density at radius 3 is 2.56 bits per heavy atom. The smallest absolute Gasteiger partial charge is 0.411 e. The molecule has 8 nitrogen and oxygen atoms in total. The van der Waals surface area contributed by atoms with Gasteiger partial charge in [0.2, 0.25) is 11.8 Å². The Labute approximate surface area is 191 Å². The lowest BCUT2D eigenvalue weighted by molar-refractivity contribution is -0.136. The summed E-state index contributed by atoms with van der Waals surface area (Å²) in [4.78, 5) is 49.6. The molecule has 0 radical (unpaired) electrons. The Morgan fingerprint density at radius 1 is 1.16 bits per heavy atom. The lowest BCUT2D eigenvalue weighted by atomic mass is 10.0. The number of halogens is 3. The lowest BCUT2D eigenvalue weighted by Gasteiger charge is -2.29. The summed E-state index contributed by atoms with van der Waals surface area (Å²) in [6.07, 6.45) is -0.540. The summed E-state index contributed by atoms with van der Waals surface area (Å²) in [6.45, 7) is -0.376. The Balaban J connectivity index is 1.44. The third kappa shape index (κ3) is 4.53. The van der Waals surface area contributed by atoms with Crippen molar-refractivity contribution < 1.29 is 28.3 Å². The Kier molecular flexibility index (Phi) is 6.03. The summed E-state index contributed by atoms with van der Waals surface area (Å²) in [5.41, 5.74) is 0.832. The maximum Gasteiger partial charge on any atom is 0.411 e. The average molecular weight is 480 g/mol. The summed E-state index contributed by atoms with van der Waals surface area (Å²) in [5.74, 6) is -2.15. The first-order chi connectivity index (χ1) is 15.2. The first kappa shape index (κ1) is 22.0. The molecule has 1 fully saturated rings. The van der Waals surface area contributed by atoms with Crippen LogP contribution in [0.1, 0.15) is 34.3 Å². The predicted molar refractivity (Wildman–Crippen MR) is 113 cm³/mol. The number of nitrogens with zero attached hydrogens (tertiary/aromatic N) is 1. The maximum absolute atomic E-state index is 14.7. The van der Waals surface area contributed by atoms with E-state index in [-0.39, 0.29) is 42.7 Å². The fraction of sp³-hybridized carbons (Fsp3) is 0.238. The van der Waals surface area contributed by atoms with Crippen molar-refractivity contribution >= 4 is 52.7 Å². The van der Waals surface area contributed by atoms with Crippen LogP contribution in [-0.2, 0) is 27.5 Å². The van der Waals surface area contributed by atoms with Gasteiger partial charge in [0.25, 0.3) is 5.91 Å². The van der Waals surface area contributed by atoms with E-state index in [9.17, 15) is 23.6 Å². The van der Waals surface area contributed by atoms with Crippen LogP contribution < -0.4 is 10.6 Å². The van der Waals surface area contributed by atoms with Gasteiger partial charge in [0, 0.05) is 33.3 Å². The number of nitrogens with one attached hydrogen (secondary N) is 2. The number of imide groups is 1. The highest BCUT2D eigenvalue weighted by Crippen LogP contribution is 2.30. The molecule has 2 heterocycles. The molecule has 0 saturated carbocycles. The van der Waals surface area contributed by atoms with E-state index in [0.717, 1.165) is 0 Å². The number of benzene rings is 2. The van der Waals surface area contributed by atoms with Gasteiger partial charge in [-0.15, -0.1) is 0 Å². The van der Waals surface area contributed by atoms with Crippen LogP contribution in [0.25, 0.3) is 0 Å². The summed E-state index contributed by atoms with van der Waals surface area (Å²) < 4.78 is 19.8. The fourth-order valence-electron chi connectivity index (χ4n) is 3.68. The topological polar surface area (TPSA) is 105 Å². The van der Waals surface area contributed by atoms with Crippen molar-refractivity contribution in [2.75, 3.05) is 5.32 Å². The monoisotopic (exact) mass is 479 g/mol. The summed E-state index contributed by atoms with van der Waals surface area (Å²) >= 11 is 11.8. The van der Waals surface area contributed by atoms with Gasteiger partial charge >= 0.3 is 6.09 Å². The zero-order valence-electron chi connectivity index (χ0n) is 16.4. The zero-order valence-corrected chi connectivity index (χ0v) is 17.9. The first-order valence-corrected chi connectivity index (χ1v) is 10.3. The third-order valence-corrected chi connectivity index (χ3v) is 5.58. The molecule has 2 aromatic carbocycles. The highest BCUT2D eigenvalue weighted by molar-refractivity contribution is 6.35. The Hall–Kier alpha value is -3.17. The standard InChI is InChI=1S/C21H16Cl2FN3O5/c22-11-5-12(23)7-13(6-11)25-21(31)32-9-10-3-14-15(16(24)4-10)8-27(20(14)30)17-1-2-18(28)26-19(17)29/h3-7,17H,1-2,8-9H2,(H,25,31)(H,26,28,29). The molecule has 1 saturated heterocycles. The second kappa shape index (κ2) is 8.76. The highest BCUT2D eigenvalue weighted by Gasteiger charge is 2.40. The molecule has 0 bridgehead atoms. The van der Waals surface area contributed by atoms with Crippen LogP contribution in [0.15, 0.2) is 30.3 Å². The van der Waals surface area contributed by atoms with Crippen LogP contribution in [0.4, 0.5) is 14.9 Å². The number of ether oxygens (including phenoxy) is 1. The Morgan fingerprint density at radius 2 is 1.88 bits per heavy atom. The SMILES string of the molecule is O=C1CCC(N2Cc3c(F)cc(COC(=O)Nc4cc(Cl)cc(Cl)c4)cc3C2=O)C(=O)N1. The molecule has 166 valence electrons. The van der Waals surface area contributed by atoms with E-state index in [1.807, 2.05) is 0 Å². The van der Waals surface area contributed by atoms with E-state index < -0.39 is 35.7 Å². The van der Waals surface area contributed by atoms with E-state index in [1.54, 1.807) is 0 Å². The van der Waals surface area contributed by atoms with Crippen molar-refractivity contribution in [3.8, 4) is 0 Å². The molecule has 2 aliphatic heterocycles. The molecule has 2 aliphatic rings. The van der Waals surface area contributed by atoms with Gasteiger partial charge in [0.15, 0.2) is 0 Å². The molecular formula is C21H16Cl2FN3O5. The quantitative estimate of drug-likeness (QED) is 0.651. The van der Waals surface area contributed by atoms with Gasteiger partial charge in [0.05, 0.1) is 6.54 Å². The minimum atomic E-state index is -0.845. The van der Waals surface area contributed by atoms with E-state index in [0.29, 0.717) is 15.7 Å². The molecule has 1 unspecified atom stereocenters. The van der Waals surface area contributed by atoms with Crippen molar-refractivity contribution in [2.24, 2.45) is 0 Å². The van der Waals surface area contributed by atoms with Crippen molar-refractivity contribution in [2.45, 2.75) is 32.0 Å². The van der Waals surface area contributed by atoms with Crippen LogP contribution in [-0.4, -0.2) is 34.8 Å². The molecule has 2 N–H and O–H groups in total. The van der Waals surface area contributed by atoms with Crippen molar-refractivity contribution in [1.29, 1.82) is 0 Å². The first-order valence-electron chi connectivity index (χ1n) is 9.57. The third-order valence-electron chi connectivity index (χ3n) is 5.14. The summed E-state index contributed by atoms with van der Waals surface area (Å²) in [6, 6.07) is 6.21. The minimum absolute atomic E-state index is 0.0799. The van der Waals surface area contributed by atoms with E-state index in [2.05, 4.69) is 10.6 Å². The van der Waals surface area contributed by atoms with E-state index in [4.69, 9.17) is 27.9 Å². The molecule has 0 spiro atoms. The van der Waals surface area contributed by atoms with Gasteiger partial charge in [-0.1, -0.05) is 23.2 Å². The molecule has 4 rings (SSSR count). The number of carbonyl (C=O) groups is 4. The average Bonchev–Trinajstić information content (AvgIpc) is 3.03. The van der Waals surface area contributed by atoms with Crippen molar-refractivity contribution in [3.63, 3.8) is 0 Å². The molecular weight excluding hydrogens is 464 g/mol. The number of hydrogen-bond donors (Lipinski definition) is 2. The number of amides is 4.